The van der Waals surface area contributed by atoms with Gasteiger partial charge in [-0.15, -0.1) is 11.3 Å². The Kier molecular flexibility index (Phi) is 5.09. The average Bonchev–Trinajstić information content (AvgIpc) is 3.26. The monoisotopic (exact) mass is 439 g/mol. The fourth-order valence-corrected chi connectivity index (χ4v) is 4.55. The zero-order valence-electron chi connectivity index (χ0n) is 14.8. The van der Waals surface area contributed by atoms with E-state index in [1.807, 2.05) is 43.3 Å². The standard InChI is InChI=1S/C21H18BrN3OS/c1-14(19-10-11-20(22)27-19)23-24-21(26)12-13-25-17-8-4-2-6-15(17)16-7-3-5-9-18(16)25/h2-11H,12-13H2,1H3,(H,24,26)/b23-14-. The fourth-order valence-electron chi connectivity index (χ4n) is 3.22. The van der Waals surface area contributed by atoms with E-state index in [1.54, 1.807) is 11.3 Å². The third-order valence-corrected chi connectivity index (χ3v) is 6.25. The Morgan fingerprint density at radius 3 is 2.26 bits per heavy atom. The summed E-state index contributed by atoms with van der Waals surface area (Å²) in [5.74, 6) is -0.0909. The number of hydrogen-bond donors (Lipinski definition) is 1. The molecule has 1 N–H and O–H groups in total. The van der Waals surface area contributed by atoms with Crippen molar-refractivity contribution in [3.63, 3.8) is 0 Å². The first kappa shape index (κ1) is 17.9. The smallest absolute Gasteiger partial charge is 0.241 e. The number of nitrogens with zero attached hydrogens (tertiary/aromatic N) is 2. The largest absolute Gasteiger partial charge is 0.340 e. The van der Waals surface area contributed by atoms with Gasteiger partial charge in [-0.25, -0.2) is 5.43 Å². The summed E-state index contributed by atoms with van der Waals surface area (Å²) < 4.78 is 3.25. The number of fused-ring (bicyclic) bond motifs is 3. The van der Waals surface area contributed by atoms with E-state index in [9.17, 15) is 4.79 Å². The molecule has 0 atom stereocenters. The number of rotatable bonds is 5. The molecule has 0 saturated heterocycles. The van der Waals surface area contributed by atoms with E-state index >= 15 is 0 Å². The van der Waals surface area contributed by atoms with Crippen LogP contribution in [0, 0.1) is 0 Å². The highest BCUT2D eigenvalue weighted by molar-refractivity contribution is 9.11. The summed E-state index contributed by atoms with van der Waals surface area (Å²) in [4.78, 5) is 13.3. The number of carbonyl (C=O) groups is 1. The molecule has 4 nitrogen and oxygen atoms in total. The number of halogens is 1. The minimum atomic E-state index is -0.0909. The predicted molar refractivity (Wildman–Crippen MR) is 116 cm³/mol. The van der Waals surface area contributed by atoms with Crippen molar-refractivity contribution in [2.45, 2.75) is 19.9 Å². The van der Waals surface area contributed by atoms with E-state index < -0.39 is 0 Å². The van der Waals surface area contributed by atoms with Crippen LogP contribution in [-0.4, -0.2) is 16.2 Å². The number of para-hydroxylation sites is 2. The second kappa shape index (κ2) is 7.66. The maximum absolute atomic E-state index is 12.3. The molecule has 0 saturated carbocycles. The molecule has 6 heteroatoms. The summed E-state index contributed by atoms with van der Waals surface area (Å²) in [7, 11) is 0. The Bertz CT molecular complexity index is 1110. The van der Waals surface area contributed by atoms with Crippen molar-refractivity contribution in [3.05, 3.63) is 69.3 Å². The second-order valence-electron chi connectivity index (χ2n) is 6.27. The van der Waals surface area contributed by atoms with Gasteiger partial charge in [-0.3, -0.25) is 4.79 Å². The first-order chi connectivity index (χ1) is 13.1. The van der Waals surface area contributed by atoms with Gasteiger partial charge in [0.2, 0.25) is 5.91 Å². The minimum Gasteiger partial charge on any atom is -0.340 e. The normalized spacial score (nSPS) is 12.0. The van der Waals surface area contributed by atoms with Crippen LogP contribution in [0.1, 0.15) is 18.2 Å². The number of amides is 1. The van der Waals surface area contributed by atoms with Gasteiger partial charge in [0, 0.05) is 34.8 Å². The molecule has 2 aromatic carbocycles. The van der Waals surface area contributed by atoms with Crippen LogP contribution in [0.2, 0.25) is 0 Å². The molecule has 0 aliphatic carbocycles. The Hall–Kier alpha value is -2.44. The first-order valence-electron chi connectivity index (χ1n) is 8.68. The van der Waals surface area contributed by atoms with Gasteiger partial charge in [0.25, 0.3) is 0 Å². The van der Waals surface area contributed by atoms with E-state index in [2.05, 4.69) is 55.3 Å². The summed E-state index contributed by atoms with van der Waals surface area (Å²) in [5.41, 5.74) is 5.77. The van der Waals surface area contributed by atoms with Crippen LogP contribution in [0.25, 0.3) is 21.8 Å². The minimum absolute atomic E-state index is 0.0909. The van der Waals surface area contributed by atoms with Crippen molar-refractivity contribution in [3.8, 4) is 0 Å². The lowest BCUT2D eigenvalue weighted by atomic mass is 10.2. The number of thiophene rings is 1. The van der Waals surface area contributed by atoms with Crippen molar-refractivity contribution in [2.24, 2.45) is 5.10 Å². The molecule has 2 aromatic heterocycles. The third-order valence-electron chi connectivity index (χ3n) is 4.52. The number of nitrogens with one attached hydrogen (secondary N) is 1. The van der Waals surface area contributed by atoms with Crippen LogP contribution in [0.3, 0.4) is 0 Å². The van der Waals surface area contributed by atoms with Crippen LogP contribution in [0.5, 0.6) is 0 Å². The molecule has 4 rings (SSSR count). The van der Waals surface area contributed by atoms with Gasteiger partial charge in [-0.2, -0.15) is 5.10 Å². The van der Waals surface area contributed by atoms with Crippen molar-refractivity contribution in [1.29, 1.82) is 0 Å². The van der Waals surface area contributed by atoms with Crippen LogP contribution in [-0.2, 0) is 11.3 Å². The number of hydrogen-bond acceptors (Lipinski definition) is 3. The Morgan fingerprint density at radius 2 is 1.67 bits per heavy atom. The molecule has 0 spiro atoms. The number of aromatic nitrogens is 1. The molecule has 0 unspecified atom stereocenters. The maximum Gasteiger partial charge on any atom is 0.241 e. The van der Waals surface area contributed by atoms with Gasteiger partial charge in [0.15, 0.2) is 0 Å². The molecule has 0 bridgehead atoms. The molecule has 136 valence electrons. The molecule has 1 amide bonds. The predicted octanol–water partition coefficient (Wildman–Crippen LogP) is 5.55. The van der Waals surface area contributed by atoms with Gasteiger partial charge in [-0.1, -0.05) is 36.4 Å². The van der Waals surface area contributed by atoms with Crippen LogP contribution in [0.15, 0.2) is 69.6 Å². The molecule has 0 fully saturated rings. The zero-order valence-corrected chi connectivity index (χ0v) is 17.2. The van der Waals surface area contributed by atoms with E-state index in [4.69, 9.17) is 0 Å². The van der Waals surface area contributed by atoms with E-state index in [-0.39, 0.29) is 5.91 Å². The quantitative estimate of drug-likeness (QED) is 0.321. The number of aryl methyl sites for hydroxylation is 1. The van der Waals surface area contributed by atoms with Crippen LogP contribution < -0.4 is 5.43 Å². The van der Waals surface area contributed by atoms with E-state index in [0.29, 0.717) is 13.0 Å². The SMILES string of the molecule is C/C(=N/NC(=O)CCn1c2ccccc2c2ccccc21)c1ccc(Br)s1. The molecule has 2 heterocycles. The Morgan fingerprint density at radius 1 is 1.04 bits per heavy atom. The van der Waals surface area contributed by atoms with Gasteiger partial charge < -0.3 is 4.57 Å². The maximum atomic E-state index is 12.3. The van der Waals surface area contributed by atoms with Crippen molar-refractivity contribution < 1.29 is 4.79 Å². The fraction of sp³-hybridized carbons (Fsp3) is 0.143. The van der Waals surface area contributed by atoms with Crippen LogP contribution in [0.4, 0.5) is 0 Å². The lowest BCUT2D eigenvalue weighted by Crippen LogP contribution is -2.20. The zero-order chi connectivity index (χ0) is 18.8. The average molecular weight is 440 g/mol. The van der Waals surface area contributed by atoms with Crippen molar-refractivity contribution >= 4 is 60.7 Å². The van der Waals surface area contributed by atoms with E-state index in [1.165, 1.54) is 10.8 Å². The lowest BCUT2D eigenvalue weighted by molar-refractivity contribution is -0.121. The van der Waals surface area contributed by atoms with Gasteiger partial charge in [-0.05, 0) is 47.1 Å². The van der Waals surface area contributed by atoms with Gasteiger partial charge in [0.1, 0.15) is 0 Å². The highest BCUT2D eigenvalue weighted by Crippen LogP contribution is 2.28. The molecular weight excluding hydrogens is 422 g/mol. The van der Waals surface area contributed by atoms with Gasteiger partial charge in [0.05, 0.1) is 14.4 Å². The van der Waals surface area contributed by atoms with Crippen LogP contribution >= 0.6 is 27.3 Å². The Labute approximate surface area is 169 Å². The van der Waals surface area contributed by atoms with Crippen molar-refractivity contribution in [2.75, 3.05) is 0 Å². The first-order valence-corrected chi connectivity index (χ1v) is 10.3. The highest BCUT2D eigenvalue weighted by atomic mass is 79.9. The molecule has 0 aliphatic heterocycles. The number of carbonyl (C=O) groups excluding carboxylic acids is 1. The second-order valence-corrected chi connectivity index (χ2v) is 8.73. The topological polar surface area (TPSA) is 46.4 Å². The molecule has 0 radical (unpaired) electrons. The highest BCUT2D eigenvalue weighted by Gasteiger charge is 2.11. The van der Waals surface area contributed by atoms with E-state index in [0.717, 1.165) is 25.4 Å². The third kappa shape index (κ3) is 3.68. The van der Waals surface area contributed by atoms with Gasteiger partial charge >= 0.3 is 0 Å². The molecule has 4 aromatic rings. The summed E-state index contributed by atoms with van der Waals surface area (Å²) >= 11 is 5.03. The molecule has 0 aliphatic rings. The number of hydrazone groups is 1. The molecule has 27 heavy (non-hydrogen) atoms. The molecular formula is C21H18BrN3OS. The van der Waals surface area contributed by atoms with Crippen molar-refractivity contribution in [1.82, 2.24) is 9.99 Å². The lowest BCUT2D eigenvalue weighted by Gasteiger charge is -2.07. The number of benzene rings is 2. The summed E-state index contributed by atoms with van der Waals surface area (Å²) in [5, 5.41) is 6.66. The summed E-state index contributed by atoms with van der Waals surface area (Å²) in [6, 6.07) is 20.6. The summed E-state index contributed by atoms with van der Waals surface area (Å²) in [6.07, 6.45) is 0.369. The Balaban J connectivity index is 1.50. The summed E-state index contributed by atoms with van der Waals surface area (Å²) in [6.45, 7) is 2.50.